The van der Waals surface area contributed by atoms with Gasteiger partial charge in [0.25, 0.3) is 0 Å². The fourth-order valence-corrected chi connectivity index (χ4v) is 1.68. The number of hydrogen-bond donors (Lipinski definition) is 2. The molecular weight excluding hydrogens is 193 g/mol. The molecule has 6 heteroatoms. The van der Waals surface area contributed by atoms with Gasteiger partial charge in [0.05, 0.1) is 12.8 Å². The van der Waals surface area contributed by atoms with E-state index in [1.54, 1.807) is 0 Å². The van der Waals surface area contributed by atoms with Crippen LogP contribution in [-0.2, 0) is 9.09 Å². The van der Waals surface area contributed by atoms with E-state index in [1.807, 2.05) is 6.92 Å². The Morgan fingerprint density at radius 3 is 2.85 bits per heavy atom. The molecule has 0 radical (unpaired) electrons. The predicted octanol–water partition coefficient (Wildman–Crippen LogP) is 1.84. The monoisotopic (exact) mass is 209 g/mol. The lowest BCUT2D eigenvalue weighted by Crippen LogP contribution is -1.97. The van der Waals surface area contributed by atoms with Crippen LogP contribution in [0.15, 0.2) is 5.16 Å². The van der Waals surface area contributed by atoms with Gasteiger partial charge < -0.3 is 14.6 Å². The molecule has 0 aliphatic carbocycles. The summed E-state index contributed by atoms with van der Waals surface area (Å²) in [7, 11) is -3.45. The highest BCUT2D eigenvalue weighted by molar-refractivity contribution is 7.52. The van der Waals surface area contributed by atoms with Crippen molar-refractivity contribution in [2.45, 2.75) is 26.2 Å². The molecule has 78 valence electrons. The summed E-state index contributed by atoms with van der Waals surface area (Å²) in [6.07, 6.45) is 3.12. The lowest BCUT2D eigenvalue weighted by molar-refractivity contribution is 0.255. The molecule has 0 aliphatic heterocycles. The van der Waals surface area contributed by atoms with Crippen molar-refractivity contribution < 1.29 is 19.2 Å². The molecule has 0 aliphatic rings. The van der Waals surface area contributed by atoms with Crippen molar-refractivity contribution in [2.75, 3.05) is 12.8 Å². The second kappa shape index (κ2) is 7.06. The third-order valence-electron chi connectivity index (χ3n) is 1.41. The number of hydrogen-bond acceptors (Lipinski definition) is 4. The lowest BCUT2D eigenvalue weighted by Gasteiger charge is -2.09. The Kier molecular flexibility index (Phi) is 6.86. The maximum Gasteiger partial charge on any atom is 0.328 e. The highest BCUT2D eigenvalue weighted by Gasteiger charge is 2.17. The molecule has 1 unspecified atom stereocenters. The summed E-state index contributed by atoms with van der Waals surface area (Å²) >= 11 is 0. The Hall–Kier alpha value is -0.380. The Labute approximate surface area is 77.9 Å². The van der Waals surface area contributed by atoms with Crippen LogP contribution >= 0.6 is 7.60 Å². The summed E-state index contributed by atoms with van der Waals surface area (Å²) in [5.41, 5.74) is 0. The van der Waals surface area contributed by atoms with E-state index in [4.69, 9.17) is 14.6 Å². The molecule has 5 nitrogen and oxygen atoms in total. The first-order valence-electron chi connectivity index (χ1n) is 4.24. The largest absolute Gasteiger partial charge is 0.411 e. The summed E-state index contributed by atoms with van der Waals surface area (Å²) < 4.78 is 15.9. The van der Waals surface area contributed by atoms with Crippen LogP contribution < -0.4 is 0 Å². The Morgan fingerprint density at radius 1 is 1.62 bits per heavy atom. The van der Waals surface area contributed by atoms with Gasteiger partial charge in [-0.1, -0.05) is 13.3 Å². The predicted molar refractivity (Wildman–Crippen MR) is 50.4 cm³/mol. The second-order valence-corrected chi connectivity index (χ2v) is 4.61. The van der Waals surface area contributed by atoms with E-state index in [0.29, 0.717) is 6.61 Å². The van der Waals surface area contributed by atoms with Gasteiger partial charge in [-0.05, 0) is 12.8 Å². The zero-order valence-corrected chi connectivity index (χ0v) is 8.61. The van der Waals surface area contributed by atoms with E-state index < -0.39 is 7.60 Å². The molecule has 0 aromatic heterocycles. The molecule has 0 rings (SSSR count). The van der Waals surface area contributed by atoms with E-state index in [2.05, 4.69) is 5.16 Å². The molecule has 0 amide bonds. The third kappa shape index (κ3) is 7.96. The highest BCUT2D eigenvalue weighted by Crippen LogP contribution is 2.42. The molecule has 1 atom stereocenters. The van der Waals surface area contributed by atoms with E-state index in [9.17, 15) is 4.57 Å². The number of nitrogens with zero attached hydrogens (tertiary/aromatic N) is 1. The van der Waals surface area contributed by atoms with E-state index in [0.717, 1.165) is 12.8 Å². The van der Waals surface area contributed by atoms with Crippen LogP contribution in [0.4, 0.5) is 0 Å². The molecule has 0 aromatic rings. The molecule has 0 aromatic carbocycles. The summed E-state index contributed by atoms with van der Waals surface area (Å²) in [4.78, 5) is 9.16. The SMILES string of the molecule is CCCCOP(=O)(O)CCC=NO. The molecule has 0 saturated carbocycles. The average Bonchev–Trinajstić information content (AvgIpc) is 2.05. The smallest absolute Gasteiger partial charge is 0.328 e. The maximum absolute atomic E-state index is 11.2. The molecule has 2 N–H and O–H groups in total. The van der Waals surface area contributed by atoms with Gasteiger partial charge in [-0.3, -0.25) is 4.57 Å². The van der Waals surface area contributed by atoms with Crippen LogP contribution in [0.25, 0.3) is 0 Å². The lowest BCUT2D eigenvalue weighted by atomic mass is 10.4. The fraction of sp³-hybridized carbons (Fsp3) is 0.857. The number of unbranched alkanes of at least 4 members (excludes halogenated alkanes) is 1. The van der Waals surface area contributed by atoms with Crippen LogP contribution in [0.3, 0.4) is 0 Å². The summed E-state index contributed by atoms with van der Waals surface area (Å²) in [5.74, 6) is 0. The molecule has 0 spiro atoms. The number of rotatable bonds is 7. The second-order valence-electron chi connectivity index (χ2n) is 2.63. The topological polar surface area (TPSA) is 79.1 Å². The molecule has 0 saturated heterocycles. The van der Waals surface area contributed by atoms with Gasteiger partial charge in [-0.15, -0.1) is 5.16 Å². The van der Waals surface area contributed by atoms with Crippen molar-refractivity contribution in [1.29, 1.82) is 0 Å². The van der Waals surface area contributed by atoms with Gasteiger partial charge in [0.1, 0.15) is 0 Å². The number of oxime groups is 1. The van der Waals surface area contributed by atoms with Crippen molar-refractivity contribution in [3.05, 3.63) is 0 Å². The third-order valence-corrected chi connectivity index (χ3v) is 2.82. The van der Waals surface area contributed by atoms with Crippen molar-refractivity contribution in [2.24, 2.45) is 5.16 Å². The van der Waals surface area contributed by atoms with Gasteiger partial charge in [0.15, 0.2) is 0 Å². The first kappa shape index (κ1) is 12.6. The van der Waals surface area contributed by atoms with Crippen molar-refractivity contribution in [3.63, 3.8) is 0 Å². The van der Waals surface area contributed by atoms with E-state index >= 15 is 0 Å². The molecule has 0 bridgehead atoms. The first-order chi connectivity index (χ1) is 6.12. The van der Waals surface area contributed by atoms with Crippen molar-refractivity contribution >= 4 is 13.8 Å². The minimum Gasteiger partial charge on any atom is -0.411 e. The first-order valence-corrected chi connectivity index (χ1v) is 6.01. The maximum atomic E-state index is 11.2. The summed E-state index contributed by atoms with van der Waals surface area (Å²) in [6.45, 7) is 2.28. The molecule has 0 fully saturated rings. The van der Waals surface area contributed by atoms with E-state index in [-0.39, 0.29) is 12.6 Å². The standard InChI is InChI=1S/C7H16NO4P/c1-2-3-6-12-13(10,11)7-4-5-8-9/h5,9H,2-4,6-7H2,1H3,(H,10,11). The van der Waals surface area contributed by atoms with Gasteiger partial charge >= 0.3 is 7.60 Å². The van der Waals surface area contributed by atoms with Gasteiger partial charge in [-0.25, -0.2) is 0 Å². The zero-order chi connectivity index (χ0) is 10.2. The van der Waals surface area contributed by atoms with Gasteiger partial charge in [0.2, 0.25) is 0 Å². The van der Waals surface area contributed by atoms with Gasteiger partial charge in [0, 0.05) is 6.21 Å². The van der Waals surface area contributed by atoms with Crippen LogP contribution in [0.5, 0.6) is 0 Å². The summed E-state index contributed by atoms with van der Waals surface area (Å²) in [6, 6.07) is 0. The Morgan fingerprint density at radius 2 is 2.31 bits per heavy atom. The van der Waals surface area contributed by atoms with Gasteiger partial charge in [-0.2, -0.15) is 0 Å². The quantitative estimate of drug-likeness (QED) is 0.220. The van der Waals surface area contributed by atoms with Crippen LogP contribution in [-0.4, -0.2) is 29.1 Å². The highest BCUT2D eigenvalue weighted by atomic mass is 31.2. The minimum absolute atomic E-state index is 0.000768. The molecule has 0 heterocycles. The zero-order valence-electron chi connectivity index (χ0n) is 7.72. The van der Waals surface area contributed by atoms with Crippen LogP contribution in [0.1, 0.15) is 26.2 Å². The van der Waals surface area contributed by atoms with E-state index in [1.165, 1.54) is 6.21 Å². The van der Waals surface area contributed by atoms with Crippen LogP contribution in [0, 0.1) is 0 Å². The Bertz CT molecular complexity index is 195. The Balaban J connectivity index is 3.60. The average molecular weight is 209 g/mol. The van der Waals surface area contributed by atoms with Crippen molar-refractivity contribution in [3.8, 4) is 0 Å². The molecule has 13 heavy (non-hydrogen) atoms. The van der Waals surface area contributed by atoms with Crippen LogP contribution in [0.2, 0.25) is 0 Å². The fourth-order valence-electron chi connectivity index (χ4n) is 0.695. The van der Waals surface area contributed by atoms with Crippen molar-refractivity contribution in [1.82, 2.24) is 0 Å². The molecular formula is C7H16NO4P. The minimum atomic E-state index is -3.45. The normalized spacial score (nSPS) is 16.2. The summed E-state index contributed by atoms with van der Waals surface area (Å²) in [5, 5.41) is 10.8.